The fourth-order valence-corrected chi connectivity index (χ4v) is 20.0. The number of thiophene rings is 3. The predicted molar refractivity (Wildman–Crippen MR) is 522 cm³/mol. The van der Waals surface area contributed by atoms with Gasteiger partial charge in [-0.25, -0.2) is 33.9 Å². The van der Waals surface area contributed by atoms with E-state index in [1.807, 2.05) is 87.4 Å². The van der Waals surface area contributed by atoms with Crippen LogP contribution in [-0.4, -0.2) is 292 Å². The number of nitrogens with zero attached hydrogens (tertiary/aromatic N) is 12. The average Bonchev–Trinajstić information content (AvgIpc) is 1.65. The zero-order valence-electron chi connectivity index (χ0n) is 77.8. The first-order valence-electron chi connectivity index (χ1n) is 45.2. The number of pyridine rings is 3. The third-order valence-electron chi connectivity index (χ3n) is 21.0. The summed E-state index contributed by atoms with van der Waals surface area (Å²) in [4.78, 5) is 48.6. The Bertz CT molecular complexity index is 4760. The van der Waals surface area contributed by atoms with Gasteiger partial charge >= 0.3 is 12.2 Å². The van der Waals surface area contributed by atoms with Crippen LogP contribution >= 0.6 is 61.5 Å². The zero-order chi connectivity index (χ0) is 92.2. The number of carbonyl (C=O) groups is 2. The van der Waals surface area contributed by atoms with Gasteiger partial charge in [-0.05, 0) is 186 Å². The zero-order valence-corrected chi connectivity index (χ0v) is 82.6. The van der Waals surface area contributed by atoms with E-state index in [9.17, 15) is 9.59 Å². The first kappa shape index (κ1) is 103. The van der Waals surface area contributed by atoms with E-state index in [2.05, 4.69) is 185 Å². The molecule has 0 saturated carbocycles. The molecule has 128 heavy (non-hydrogen) atoms. The molecule has 2 amide bonds. The number of anilines is 5. The molecular formula is C90H142BrClN22O11S3. The van der Waals surface area contributed by atoms with Crippen molar-refractivity contribution in [3.63, 3.8) is 0 Å². The van der Waals surface area contributed by atoms with Gasteiger partial charge in [-0.15, -0.1) is 34.0 Å². The molecule has 0 aliphatic carbocycles. The van der Waals surface area contributed by atoms with E-state index in [1.165, 1.54) is 12.8 Å². The van der Waals surface area contributed by atoms with Gasteiger partial charge in [0.05, 0.1) is 140 Å². The summed E-state index contributed by atoms with van der Waals surface area (Å²) < 4.78 is 57.4. The van der Waals surface area contributed by atoms with Gasteiger partial charge in [0.25, 0.3) is 0 Å². The van der Waals surface area contributed by atoms with Crippen molar-refractivity contribution in [2.75, 3.05) is 171 Å². The fraction of sp³-hybridized carbons (Fsp3) is 0.644. The molecule has 0 radical (unpaired) electrons. The lowest BCUT2D eigenvalue weighted by Gasteiger charge is -2.35. The number of nitrogens with one attached hydrogen (secondary N) is 6. The van der Waals surface area contributed by atoms with Crippen molar-refractivity contribution in [1.29, 1.82) is 0 Å². The van der Waals surface area contributed by atoms with Crippen LogP contribution in [0.3, 0.4) is 0 Å². The number of carbonyl (C=O) groups excluding carboxylic acids is 2. The van der Waals surface area contributed by atoms with Gasteiger partial charge in [0.15, 0.2) is 12.5 Å². The molecule has 33 nitrogen and oxygen atoms in total. The Hall–Kier alpha value is -7.25. The Morgan fingerprint density at radius 1 is 0.492 bits per heavy atom. The number of rotatable bonds is 20. The van der Waals surface area contributed by atoms with Crippen molar-refractivity contribution in [3.8, 4) is 31.7 Å². The van der Waals surface area contributed by atoms with Gasteiger partial charge < -0.3 is 92.2 Å². The minimum atomic E-state index is -0.438. The largest absolute Gasteiger partial charge is 0.444 e. The molecule has 12 unspecified atom stereocenters. The molecule has 7 fully saturated rings. The highest BCUT2D eigenvalue weighted by Gasteiger charge is 2.29. The van der Waals surface area contributed by atoms with Crippen LogP contribution in [0, 0.1) is 0 Å². The molecule has 9 aromatic rings. The summed E-state index contributed by atoms with van der Waals surface area (Å²) in [6.45, 7) is 50.9. The van der Waals surface area contributed by atoms with E-state index in [-0.39, 0.29) is 61.3 Å². The maximum atomic E-state index is 11.5. The fourth-order valence-electron chi connectivity index (χ4n) is 16.3. The van der Waals surface area contributed by atoms with E-state index in [4.69, 9.17) is 77.2 Å². The number of halogens is 2. The number of amides is 2. The maximum absolute atomic E-state index is 11.5. The molecular weight excluding hydrogens is 1780 g/mol. The van der Waals surface area contributed by atoms with Crippen molar-refractivity contribution < 1.29 is 52.2 Å². The Morgan fingerprint density at radius 3 is 1.24 bits per heavy atom. The molecule has 0 aromatic carbocycles. The highest BCUT2D eigenvalue weighted by molar-refractivity contribution is 9.09. The van der Waals surface area contributed by atoms with Gasteiger partial charge in [-0.2, -0.15) is 15.3 Å². The third-order valence-corrected chi connectivity index (χ3v) is 25.4. The Balaban J connectivity index is 0.000000163. The maximum Gasteiger partial charge on any atom is 0.407 e. The summed E-state index contributed by atoms with van der Waals surface area (Å²) in [5.41, 5.74) is 30.4. The Labute approximate surface area is 781 Å². The number of hydrogen-bond donors (Lipinski definition) is 10. The molecule has 7 aliphatic heterocycles. The van der Waals surface area contributed by atoms with Crippen LogP contribution in [0.5, 0.6) is 0 Å². The van der Waals surface area contributed by atoms with Crippen LogP contribution in [0.15, 0.2) is 73.2 Å². The molecule has 0 spiro atoms. The van der Waals surface area contributed by atoms with Crippen LogP contribution in [0.2, 0.25) is 5.02 Å². The van der Waals surface area contributed by atoms with Crippen LogP contribution in [-0.2, 0) is 42.6 Å². The number of ether oxygens (including phenoxy) is 9. The minimum Gasteiger partial charge on any atom is -0.444 e. The van der Waals surface area contributed by atoms with Crippen molar-refractivity contribution in [1.82, 2.24) is 80.3 Å². The van der Waals surface area contributed by atoms with Gasteiger partial charge in [-0.1, -0.05) is 27.5 Å². The molecule has 12 atom stereocenters. The van der Waals surface area contributed by atoms with E-state index in [0.717, 1.165) is 229 Å². The van der Waals surface area contributed by atoms with E-state index in [1.54, 1.807) is 52.5 Å². The standard InChI is InChI=1S/C23H32N6O2S.C18H24N6OS.C15H15ClN4OS.C13H26N2O3.C8H18N2O.C7H14BrNO2.C6H13NO/c1-15-13-28(14-16(2)31-15)9-8-25-17-12-21(24)27-18-11-20(32-23(17)18)19-6-7-26-29(19)22-5-3-4-10-30-22;1-11-9-24(10-12(2)25-11)6-5-20-14-8-17(19)22-15-7-16(26-18(14)15)13-3-4-21-23-13;16-9-7-13(17)19-10-8-12(22-15(9)10)11-4-5-18-20(11)14-3-1-2-6-21-14;1-10-8-15(9-11(2)17-10)7-6-14-12(16)18-13(3,4)5;1-7-5-10(4-3-9)6-8(2)11-7;1-7(2,3)11-6(10)9-5-4-8;1-5-3-7-4-6(2)8-5/h6-7,11-12,15-16,22H,3-5,8-10,13-14H2,1-2H3,(H3,24,25,27);3-4,7-8,11-12H,5-6,9-10H2,1-2H3,(H,21,23)(H3,19,20,22);4-5,7-8,14H,1-3,6H2,(H2,17,19);10-11H,6-9H2,1-5H3,(H,14,16);7-8H,3-6,9H2,1-2H3;4-5H2,1-3H3,(H,9,10);5-7H,3-4H2,1-2H3. The van der Waals surface area contributed by atoms with Gasteiger partial charge in [0.2, 0.25) is 0 Å². The summed E-state index contributed by atoms with van der Waals surface area (Å²) in [5, 5.41) is 33.2. The average molecular weight is 1920 g/mol. The molecule has 14 N–H and O–H groups in total. The van der Waals surface area contributed by atoms with Crippen LogP contribution in [0.4, 0.5) is 38.4 Å². The first-order chi connectivity index (χ1) is 61.1. The van der Waals surface area contributed by atoms with E-state index < -0.39 is 11.2 Å². The summed E-state index contributed by atoms with van der Waals surface area (Å²) in [6, 6.07) is 17.7. The van der Waals surface area contributed by atoms with Gasteiger partial charge in [0.1, 0.15) is 28.7 Å². The van der Waals surface area contributed by atoms with Gasteiger partial charge in [-0.3, -0.25) is 24.7 Å². The molecule has 38 heteroatoms. The lowest BCUT2D eigenvalue weighted by molar-refractivity contribution is -0.0675. The van der Waals surface area contributed by atoms with Crippen molar-refractivity contribution in [3.05, 3.63) is 78.2 Å². The molecule has 16 heterocycles. The Kier molecular flexibility index (Phi) is 40.6. The second-order valence-electron chi connectivity index (χ2n) is 35.8. The number of morpholine rings is 5. The molecule has 0 bridgehead atoms. The third kappa shape index (κ3) is 33.8. The number of H-pyrrole nitrogens is 1. The highest BCUT2D eigenvalue weighted by atomic mass is 79.9. The lowest BCUT2D eigenvalue weighted by atomic mass is 10.2. The lowest BCUT2D eigenvalue weighted by Crippen LogP contribution is -2.48. The van der Waals surface area contributed by atoms with Crippen molar-refractivity contribution in [2.45, 2.75) is 234 Å². The van der Waals surface area contributed by atoms with Crippen LogP contribution in [0.25, 0.3) is 62.4 Å². The number of aromatic nitrogens is 9. The van der Waals surface area contributed by atoms with Crippen molar-refractivity contribution >= 4 is 133 Å². The molecule has 710 valence electrons. The topological polar surface area (TPSA) is 397 Å². The predicted octanol–water partition coefficient (Wildman–Crippen LogP) is 14.8. The van der Waals surface area contributed by atoms with Gasteiger partial charge in [0, 0.05) is 180 Å². The number of alkyl halides is 1. The monoisotopic (exact) mass is 1920 g/mol. The normalized spacial score (nSPS) is 23.7. The van der Waals surface area contributed by atoms with Crippen molar-refractivity contribution in [2.24, 2.45) is 5.73 Å². The minimum absolute atomic E-state index is 0.00731. The smallest absolute Gasteiger partial charge is 0.407 e. The number of nitrogen functional groups attached to an aromatic ring is 3. The summed E-state index contributed by atoms with van der Waals surface area (Å²) in [6.07, 6.45) is 14.5. The first-order valence-corrected chi connectivity index (χ1v) is 49.2. The number of hydrogen-bond acceptors (Lipinski definition) is 31. The highest BCUT2D eigenvalue weighted by Crippen LogP contribution is 2.42. The van der Waals surface area contributed by atoms with Crippen LogP contribution < -0.4 is 49.5 Å². The van der Waals surface area contributed by atoms with E-state index in [0.29, 0.717) is 60.0 Å². The van der Waals surface area contributed by atoms with E-state index >= 15 is 0 Å². The molecule has 9 aromatic heterocycles. The summed E-state index contributed by atoms with van der Waals surface area (Å²) >= 11 is 14.5. The molecule has 7 saturated heterocycles. The SMILES string of the molecule is CC(C)(C)OC(=O)NCCBr.CC1CN(CCN)CC(C)O1.CC1CN(CCNC(=O)OC(C)(C)C)CC(C)O1.CC1CN(CCNc2cc(N)nc3cc(-c4ccn[nH]4)sc23)CC(C)O1.CC1CN(CCNc2cc(N)nc3cc(-c4ccnn4C4CCCCO4)sc23)CC(C)O1.CC1CNCC(C)O1.Nc1cc(Cl)c2sc(-c3ccnn3C3CCCCO3)cc2n1. The number of nitrogens with two attached hydrogens (primary N) is 4. The number of alkyl carbamates (subject to hydrolysis) is 2. The second kappa shape index (κ2) is 50.6. The molecule has 7 aliphatic rings. The van der Waals surface area contributed by atoms with Crippen LogP contribution in [0.1, 0.15) is 162 Å². The molecule has 16 rings (SSSR count). The summed E-state index contributed by atoms with van der Waals surface area (Å²) in [7, 11) is 0. The quantitative estimate of drug-likeness (QED) is 0.0317. The Morgan fingerprint density at radius 2 is 0.867 bits per heavy atom. The number of aromatic amines is 1. The number of fused-ring (bicyclic) bond motifs is 3. The summed E-state index contributed by atoms with van der Waals surface area (Å²) in [5.74, 6) is 1.50. The second-order valence-corrected chi connectivity index (χ2v) is 40.2.